The van der Waals surface area contributed by atoms with Gasteiger partial charge in [0, 0.05) is 25.5 Å². The van der Waals surface area contributed by atoms with Crippen LogP contribution >= 0.6 is 0 Å². The Morgan fingerprint density at radius 3 is 2.72 bits per heavy atom. The predicted octanol–water partition coefficient (Wildman–Crippen LogP) is 1.77. The maximum absolute atomic E-state index is 12.8. The summed E-state index contributed by atoms with van der Waals surface area (Å²) in [6.45, 7) is 0. The third-order valence-corrected chi connectivity index (χ3v) is 4.52. The number of ether oxygens (including phenoxy) is 1. The highest BCUT2D eigenvalue weighted by atomic mass is 16.5. The van der Waals surface area contributed by atoms with Gasteiger partial charge < -0.3 is 20.5 Å². The van der Waals surface area contributed by atoms with Crippen LogP contribution in [0.15, 0.2) is 36.7 Å². The van der Waals surface area contributed by atoms with E-state index >= 15 is 0 Å². The van der Waals surface area contributed by atoms with Gasteiger partial charge in [-0.15, -0.1) is 0 Å². The summed E-state index contributed by atoms with van der Waals surface area (Å²) in [7, 11) is 3.29. The Balaban J connectivity index is 1.83. The van der Waals surface area contributed by atoms with Crippen LogP contribution in [0.5, 0.6) is 5.88 Å². The van der Waals surface area contributed by atoms with Crippen LogP contribution in [-0.2, 0) is 0 Å². The van der Waals surface area contributed by atoms with Gasteiger partial charge in [-0.1, -0.05) is 6.07 Å². The van der Waals surface area contributed by atoms with Crippen LogP contribution < -0.4 is 15.4 Å². The molecule has 1 saturated carbocycles. The van der Waals surface area contributed by atoms with Crippen LogP contribution in [0.4, 0.5) is 5.82 Å². The number of carbonyl (C=O) groups excluding carboxylic acids is 1. The molecule has 0 spiro atoms. The van der Waals surface area contributed by atoms with Crippen LogP contribution in [-0.4, -0.2) is 41.2 Å². The van der Waals surface area contributed by atoms with Crippen LogP contribution in [0.1, 0.15) is 34.8 Å². The Bertz CT molecular complexity index is 729. The van der Waals surface area contributed by atoms with E-state index in [1.165, 1.54) is 0 Å². The third kappa shape index (κ3) is 3.71. The second kappa shape index (κ2) is 7.48. The van der Waals surface area contributed by atoms with Crippen LogP contribution in [0.2, 0.25) is 0 Å². The number of hydrogen-bond donors (Lipinski definition) is 3. The molecule has 1 atom stereocenters. The Morgan fingerprint density at radius 1 is 1.32 bits per heavy atom. The number of aromatic nitrogens is 2. The Hall–Kier alpha value is -2.67. The van der Waals surface area contributed by atoms with E-state index in [-0.39, 0.29) is 24.0 Å². The van der Waals surface area contributed by atoms with Gasteiger partial charge >= 0.3 is 0 Å². The first-order valence-electron chi connectivity index (χ1n) is 8.24. The monoisotopic (exact) mass is 342 g/mol. The minimum absolute atomic E-state index is 0.170. The molecule has 0 aliphatic heterocycles. The molecule has 2 aromatic heterocycles. The van der Waals surface area contributed by atoms with Gasteiger partial charge in [-0.05, 0) is 36.5 Å². The summed E-state index contributed by atoms with van der Waals surface area (Å²) in [5.41, 5.74) is 1.37. The van der Waals surface area contributed by atoms with E-state index in [0.717, 1.165) is 5.56 Å². The topological polar surface area (TPSA) is 96.4 Å². The lowest BCUT2D eigenvalue weighted by Crippen LogP contribution is -2.41. The number of rotatable bonds is 6. The molecule has 0 radical (unpaired) electrons. The predicted molar refractivity (Wildman–Crippen MR) is 93.5 cm³/mol. The first-order chi connectivity index (χ1) is 12.1. The van der Waals surface area contributed by atoms with Crippen LogP contribution in [0.25, 0.3) is 0 Å². The normalized spacial score (nSPS) is 20.3. The van der Waals surface area contributed by atoms with Crippen molar-refractivity contribution in [2.75, 3.05) is 19.5 Å². The fourth-order valence-electron chi connectivity index (χ4n) is 3.08. The maximum atomic E-state index is 12.8. The van der Waals surface area contributed by atoms with Gasteiger partial charge in [0.15, 0.2) is 0 Å². The van der Waals surface area contributed by atoms with Gasteiger partial charge in [0.2, 0.25) is 5.88 Å². The van der Waals surface area contributed by atoms with Crippen molar-refractivity contribution in [2.45, 2.75) is 25.0 Å². The number of methoxy groups -OCH3 is 1. The SMILES string of the molecule is CNc1ncccc1C(=O)N[C@@H](c1ccc(OC)nc1)C1CC(O)C1. The molecule has 3 N–H and O–H groups in total. The van der Waals surface area contributed by atoms with Gasteiger partial charge in [-0.3, -0.25) is 4.79 Å². The molecule has 25 heavy (non-hydrogen) atoms. The fraction of sp³-hybridized carbons (Fsp3) is 0.389. The number of carbonyl (C=O) groups is 1. The second-order valence-corrected chi connectivity index (χ2v) is 6.12. The standard InChI is InChI=1S/C18H22N4O3/c1-19-17-14(4-3-7-20-17)18(24)22-16(12-8-13(23)9-12)11-5-6-15(25-2)21-10-11/h3-7,10,12-13,16,23H,8-9H2,1-2H3,(H,19,20)(H,22,24)/t12?,13?,16-/m0/s1. The number of aliphatic hydroxyl groups is 1. The van der Waals surface area contributed by atoms with Crippen molar-refractivity contribution in [1.82, 2.24) is 15.3 Å². The zero-order valence-electron chi connectivity index (χ0n) is 14.3. The second-order valence-electron chi connectivity index (χ2n) is 6.12. The van der Waals surface area contributed by atoms with E-state index in [1.807, 2.05) is 6.07 Å². The number of amides is 1. The zero-order chi connectivity index (χ0) is 17.8. The number of aliphatic hydroxyl groups excluding tert-OH is 1. The Labute approximate surface area is 146 Å². The Morgan fingerprint density at radius 2 is 2.12 bits per heavy atom. The molecule has 3 rings (SSSR count). The number of hydrogen-bond acceptors (Lipinski definition) is 6. The number of nitrogens with zero attached hydrogens (tertiary/aromatic N) is 2. The summed E-state index contributed by atoms with van der Waals surface area (Å²) >= 11 is 0. The fourth-order valence-corrected chi connectivity index (χ4v) is 3.08. The molecule has 0 saturated heterocycles. The molecular formula is C18H22N4O3. The van der Waals surface area contributed by atoms with E-state index in [1.54, 1.807) is 44.8 Å². The highest BCUT2D eigenvalue weighted by Gasteiger charge is 2.36. The largest absolute Gasteiger partial charge is 0.481 e. The Kier molecular flexibility index (Phi) is 5.14. The molecule has 0 bridgehead atoms. The maximum Gasteiger partial charge on any atom is 0.255 e. The number of anilines is 1. The van der Waals surface area contributed by atoms with E-state index < -0.39 is 0 Å². The molecule has 1 fully saturated rings. The molecule has 0 unspecified atom stereocenters. The van der Waals surface area contributed by atoms with Crippen LogP contribution in [0.3, 0.4) is 0 Å². The van der Waals surface area contributed by atoms with Crippen molar-refractivity contribution in [2.24, 2.45) is 5.92 Å². The lowest BCUT2D eigenvalue weighted by Gasteiger charge is -2.38. The van der Waals surface area contributed by atoms with E-state index in [0.29, 0.717) is 30.1 Å². The summed E-state index contributed by atoms with van der Waals surface area (Å²) in [6, 6.07) is 6.90. The van der Waals surface area contributed by atoms with Gasteiger partial charge in [-0.2, -0.15) is 0 Å². The summed E-state index contributed by atoms with van der Waals surface area (Å²) in [5, 5.41) is 15.7. The van der Waals surface area contributed by atoms with Crippen molar-refractivity contribution >= 4 is 11.7 Å². The highest BCUT2D eigenvalue weighted by Crippen LogP contribution is 2.38. The molecule has 2 heterocycles. The smallest absolute Gasteiger partial charge is 0.255 e. The van der Waals surface area contributed by atoms with Gasteiger partial charge in [0.25, 0.3) is 5.91 Å². The summed E-state index contributed by atoms with van der Waals surface area (Å²) < 4.78 is 5.09. The minimum Gasteiger partial charge on any atom is -0.481 e. The lowest BCUT2D eigenvalue weighted by molar-refractivity contribution is 0.0234. The van der Waals surface area contributed by atoms with Crippen molar-refractivity contribution in [3.8, 4) is 5.88 Å². The van der Waals surface area contributed by atoms with Gasteiger partial charge in [0.1, 0.15) is 5.82 Å². The molecule has 1 aliphatic rings. The summed E-state index contributed by atoms with van der Waals surface area (Å²) in [5.74, 6) is 1.01. The molecule has 1 amide bonds. The highest BCUT2D eigenvalue weighted by molar-refractivity contribution is 5.98. The van der Waals surface area contributed by atoms with E-state index in [9.17, 15) is 9.90 Å². The number of nitrogens with one attached hydrogen (secondary N) is 2. The average Bonchev–Trinajstić information content (AvgIpc) is 2.63. The van der Waals surface area contributed by atoms with Gasteiger partial charge in [-0.25, -0.2) is 9.97 Å². The zero-order valence-corrected chi connectivity index (χ0v) is 14.3. The molecule has 0 aromatic carbocycles. The summed E-state index contributed by atoms with van der Waals surface area (Å²) in [6.07, 6.45) is 4.35. The molecule has 1 aliphatic carbocycles. The molecule has 2 aromatic rings. The molecule has 7 nitrogen and oxygen atoms in total. The van der Waals surface area contributed by atoms with Crippen molar-refractivity contribution in [3.63, 3.8) is 0 Å². The first-order valence-corrected chi connectivity index (χ1v) is 8.24. The first kappa shape index (κ1) is 17.2. The van der Waals surface area contributed by atoms with Crippen molar-refractivity contribution < 1.29 is 14.6 Å². The average molecular weight is 342 g/mol. The van der Waals surface area contributed by atoms with Crippen LogP contribution in [0, 0.1) is 5.92 Å². The summed E-state index contributed by atoms with van der Waals surface area (Å²) in [4.78, 5) is 21.2. The van der Waals surface area contributed by atoms with Crippen molar-refractivity contribution in [1.29, 1.82) is 0 Å². The lowest BCUT2D eigenvalue weighted by atomic mass is 9.75. The van der Waals surface area contributed by atoms with Crippen molar-refractivity contribution in [3.05, 3.63) is 47.8 Å². The molecule has 132 valence electrons. The van der Waals surface area contributed by atoms with E-state index in [4.69, 9.17) is 4.74 Å². The van der Waals surface area contributed by atoms with E-state index in [2.05, 4.69) is 20.6 Å². The van der Waals surface area contributed by atoms with Gasteiger partial charge in [0.05, 0.1) is 24.8 Å². The quantitative estimate of drug-likeness (QED) is 0.740. The minimum atomic E-state index is -0.304. The third-order valence-electron chi connectivity index (χ3n) is 4.52. The number of pyridine rings is 2. The molecule has 7 heteroatoms. The molecular weight excluding hydrogens is 320 g/mol.